The van der Waals surface area contributed by atoms with E-state index >= 15 is 0 Å². The van der Waals surface area contributed by atoms with E-state index in [0.717, 1.165) is 26.9 Å². The minimum Gasteiger partial charge on any atom is -0.493 e. The molecule has 2 aromatic heterocycles. The number of fused-ring (bicyclic) bond motifs is 1. The van der Waals surface area contributed by atoms with Gasteiger partial charge in [0.25, 0.3) is 0 Å². The molecule has 0 aliphatic rings. The zero-order chi connectivity index (χ0) is 18.1. The molecule has 2 heterocycles. The van der Waals surface area contributed by atoms with Gasteiger partial charge < -0.3 is 9.47 Å². The molecule has 6 nitrogen and oxygen atoms in total. The number of hydrogen-bond donors (Lipinski definition) is 0. The summed E-state index contributed by atoms with van der Waals surface area (Å²) in [7, 11) is 3.23. The lowest BCUT2D eigenvalue weighted by Crippen LogP contribution is -1.97. The summed E-state index contributed by atoms with van der Waals surface area (Å²) in [6.07, 6.45) is 0.632. The van der Waals surface area contributed by atoms with E-state index in [-0.39, 0.29) is 0 Å². The first-order valence-electron chi connectivity index (χ1n) is 7.86. The molecule has 0 radical (unpaired) electrons. The summed E-state index contributed by atoms with van der Waals surface area (Å²) in [4.78, 5) is 0.749. The Bertz CT molecular complexity index is 1060. The fraction of sp³-hybridized carbons (Fsp3) is 0.167. The molecule has 0 bridgehead atoms. The van der Waals surface area contributed by atoms with Crippen LogP contribution in [0.2, 0.25) is 5.02 Å². The summed E-state index contributed by atoms with van der Waals surface area (Å²) in [6, 6.07) is 13.4. The molecule has 4 rings (SSSR count). The Labute approximate surface area is 159 Å². The van der Waals surface area contributed by atoms with Crippen molar-refractivity contribution in [2.24, 2.45) is 0 Å². The minimum absolute atomic E-state index is 0.632. The van der Waals surface area contributed by atoms with Crippen LogP contribution in [-0.4, -0.2) is 34.0 Å². The van der Waals surface area contributed by atoms with Gasteiger partial charge in [0.2, 0.25) is 4.96 Å². The summed E-state index contributed by atoms with van der Waals surface area (Å²) in [6.45, 7) is 0. The van der Waals surface area contributed by atoms with Crippen molar-refractivity contribution in [2.45, 2.75) is 6.42 Å². The van der Waals surface area contributed by atoms with Gasteiger partial charge >= 0.3 is 0 Å². The van der Waals surface area contributed by atoms with Crippen LogP contribution in [0.3, 0.4) is 0 Å². The van der Waals surface area contributed by atoms with Gasteiger partial charge in [-0.15, -0.1) is 10.2 Å². The Hall–Kier alpha value is -2.64. The quantitative estimate of drug-likeness (QED) is 0.516. The van der Waals surface area contributed by atoms with Crippen LogP contribution in [0.4, 0.5) is 0 Å². The lowest BCUT2D eigenvalue weighted by Gasteiger charge is -2.07. The van der Waals surface area contributed by atoms with Crippen molar-refractivity contribution >= 4 is 27.9 Å². The van der Waals surface area contributed by atoms with Crippen molar-refractivity contribution < 1.29 is 9.47 Å². The molecule has 8 heteroatoms. The van der Waals surface area contributed by atoms with Crippen LogP contribution in [0.15, 0.2) is 42.5 Å². The maximum absolute atomic E-state index is 5.94. The van der Waals surface area contributed by atoms with E-state index in [9.17, 15) is 0 Å². The number of ether oxygens (including phenoxy) is 2. The molecule has 0 N–H and O–H groups in total. The van der Waals surface area contributed by atoms with Crippen LogP contribution in [0.25, 0.3) is 15.5 Å². The lowest BCUT2D eigenvalue weighted by molar-refractivity contribution is 0.355. The molecule has 132 valence electrons. The number of benzene rings is 2. The van der Waals surface area contributed by atoms with E-state index in [1.807, 2.05) is 42.5 Å². The summed E-state index contributed by atoms with van der Waals surface area (Å²) < 4.78 is 12.4. The number of hydrogen-bond acceptors (Lipinski definition) is 6. The van der Waals surface area contributed by atoms with Crippen LogP contribution >= 0.6 is 22.9 Å². The first kappa shape index (κ1) is 16.8. The van der Waals surface area contributed by atoms with E-state index in [1.54, 1.807) is 18.7 Å². The van der Waals surface area contributed by atoms with Gasteiger partial charge in [-0.25, -0.2) is 0 Å². The Morgan fingerprint density at radius 1 is 1.00 bits per heavy atom. The summed E-state index contributed by atoms with van der Waals surface area (Å²) in [5, 5.41) is 14.7. The maximum Gasteiger partial charge on any atom is 0.234 e. The first-order chi connectivity index (χ1) is 12.7. The van der Waals surface area contributed by atoms with Crippen molar-refractivity contribution in [1.82, 2.24) is 19.8 Å². The third kappa shape index (κ3) is 3.11. The Morgan fingerprint density at radius 2 is 1.77 bits per heavy atom. The van der Waals surface area contributed by atoms with E-state index in [4.69, 9.17) is 21.1 Å². The minimum atomic E-state index is 0.632. The van der Waals surface area contributed by atoms with E-state index < -0.39 is 0 Å². The molecule has 2 aromatic carbocycles. The number of aromatic nitrogens is 4. The monoisotopic (exact) mass is 386 g/mol. The molecular formula is C18H15ClN4O2S. The average molecular weight is 387 g/mol. The highest BCUT2D eigenvalue weighted by Gasteiger charge is 2.15. The van der Waals surface area contributed by atoms with Crippen LogP contribution in [0, 0.1) is 0 Å². The van der Waals surface area contributed by atoms with Crippen molar-refractivity contribution in [3.63, 3.8) is 0 Å². The Morgan fingerprint density at radius 3 is 2.50 bits per heavy atom. The van der Waals surface area contributed by atoms with Gasteiger partial charge in [0.05, 0.1) is 14.2 Å². The van der Waals surface area contributed by atoms with Crippen LogP contribution in [-0.2, 0) is 6.42 Å². The highest BCUT2D eigenvalue weighted by atomic mass is 35.5. The molecule has 0 aliphatic heterocycles. The van der Waals surface area contributed by atoms with Crippen LogP contribution in [0.5, 0.6) is 11.5 Å². The lowest BCUT2D eigenvalue weighted by atomic mass is 10.1. The van der Waals surface area contributed by atoms with Gasteiger partial charge in [-0.2, -0.15) is 9.61 Å². The molecule has 0 aliphatic carbocycles. The first-order valence-corrected chi connectivity index (χ1v) is 9.05. The zero-order valence-electron chi connectivity index (χ0n) is 14.1. The SMILES string of the molecule is COc1ccc(-c2nn3c(Cc4ccc(Cl)cc4)nnc3s2)cc1OC. The number of nitrogens with zero attached hydrogens (tertiary/aromatic N) is 4. The molecule has 4 aromatic rings. The molecular weight excluding hydrogens is 372 g/mol. The van der Waals surface area contributed by atoms with E-state index in [1.165, 1.54) is 11.3 Å². The van der Waals surface area contributed by atoms with Crippen molar-refractivity contribution in [2.75, 3.05) is 14.2 Å². The predicted molar refractivity (Wildman–Crippen MR) is 101 cm³/mol. The fourth-order valence-electron chi connectivity index (χ4n) is 2.64. The molecule has 0 atom stereocenters. The molecule has 0 saturated carbocycles. The second-order valence-electron chi connectivity index (χ2n) is 5.59. The van der Waals surface area contributed by atoms with Crippen molar-refractivity contribution in [1.29, 1.82) is 0 Å². The standard InChI is InChI=1S/C18H15ClN4O2S/c1-24-14-8-5-12(10-15(14)25-2)17-22-23-16(20-21-18(23)26-17)9-11-3-6-13(19)7-4-11/h3-8,10H,9H2,1-2H3. The van der Waals surface area contributed by atoms with E-state index in [2.05, 4.69) is 15.3 Å². The third-order valence-corrected chi connectivity index (χ3v) is 5.16. The smallest absolute Gasteiger partial charge is 0.234 e. The second kappa shape index (κ2) is 6.93. The van der Waals surface area contributed by atoms with Gasteiger partial charge in [0, 0.05) is 17.0 Å². The highest BCUT2D eigenvalue weighted by Crippen LogP contribution is 2.34. The summed E-state index contributed by atoms with van der Waals surface area (Å²) in [5.41, 5.74) is 2.04. The average Bonchev–Trinajstić information content (AvgIpc) is 3.25. The summed E-state index contributed by atoms with van der Waals surface area (Å²) in [5.74, 6) is 2.13. The second-order valence-corrected chi connectivity index (χ2v) is 6.98. The third-order valence-electron chi connectivity index (χ3n) is 3.96. The van der Waals surface area contributed by atoms with E-state index in [0.29, 0.717) is 22.9 Å². The molecule has 0 saturated heterocycles. The van der Waals surface area contributed by atoms with Crippen molar-refractivity contribution in [3.8, 4) is 22.1 Å². The van der Waals surface area contributed by atoms with Gasteiger partial charge in [0.1, 0.15) is 5.01 Å². The molecule has 0 fully saturated rings. The Balaban J connectivity index is 1.68. The van der Waals surface area contributed by atoms with Crippen LogP contribution in [0.1, 0.15) is 11.4 Å². The fourth-order valence-corrected chi connectivity index (χ4v) is 3.62. The van der Waals surface area contributed by atoms with Gasteiger partial charge in [-0.3, -0.25) is 0 Å². The molecule has 0 amide bonds. The van der Waals surface area contributed by atoms with Gasteiger partial charge in [-0.05, 0) is 35.9 Å². The van der Waals surface area contributed by atoms with Crippen LogP contribution < -0.4 is 9.47 Å². The molecule has 0 spiro atoms. The zero-order valence-corrected chi connectivity index (χ0v) is 15.7. The Kier molecular flexibility index (Phi) is 4.48. The number of rotatable bonds is 5. The van der Waals surface area contributed by atoms with Gasteiger partial charge in [-0.1, -0.05) is 35.1 Å². The molecule has 0 unspecified atom stereocenters. The number of methoxy groups -OCH3 is 2. The maximum atomic E-state index is 5.94. The van der Waals surface area contributed by atoms with Gasteiger partial charge in [0.15, 0.2) is 17.3 Å². The predicted octanol–water partition coefficient (Wildman–Crippen LogP) is 4.11. The van der Waals surface area contributed by atoms with Crippen molar-refractivity contribution in [3.05, 3.63) is 58.9 Å². The number of halogens is 1. The largest absolute Gasteiger partial charge is 0.493 e. The molecule has 26 heavy (non-hydrogen) atoms. The normalized spacial score (nSPS) is 11.0. The summed E-state index contributed by atoms with van der Waals surface area (Å²) >= 11 is 7.42. The topological polar surface area (TPSA) is 61.5 Å². The highest BCUT2D eigenvalue weighted by molar-refractivity contribution is 7.19.